The first-order valence-corrected chi connectivity index (χ1v) is 5.69. The Balaban J connectivity index is 2.34. The lowest BCUT2D eigenvalue weighted by molar-refractivity contribution is 0.112. The molecular formula is C11H7ClN2OS. The predicted octanol–water partition coefficient (Wildman–Crippen LogP) is 3.09. The van der Waals surface area contributed by atoms with Gasteiger partial charge in [0.2, 0.25) is 0 Å². The van der Waals surface area contributed by atoms with E-state index in [-0.39, 0.29) is 0 Å². The summed E-state index contributed by atoms with van der Waals surface area (Å²) < 4.78 is 0. The highest BCUT2D eigenvalue weighted by molar-refractivity contribution is 7.99. The molecule has 0 unspecified atom stereocenters. The third kappa shape index (κ3) is 2.40. The van der Waals surface area contributed by atoms with Gasteiger partial charge in [-0.25, -0.2) is 9.97 Å². The van der Waals surface area contributed by atoms with Crippen LogP contribution < -0.4 is 0 Å². The van der Waals surface area contributed by atoms with E-state index in [1.54, 1.807) is 36.7 Å². The zero-order valence-electron chi connectivity index (χ0n) is 8.13. The van der Waals surface area contributed by atoms with Crippen LogP contribution in [-0.4, -0.2) is 16.3 Å². The van der Waals surface area contributed by atoms with Gasteiger partial charge in [0.05, 0.1) is 5.02 Å². The van der Waals surface area contributed by atoms with Gasteiger partial charge in [-0.2, -0.15) is 0 Å². The largest absolute Gasteiger partial charge is 0.298 e. The lowest BCUT2D eigenvalue weighted by atomic mass is 10.3. The molecule has 0 aliphatic heterocycles. The van der Waals surface area contributed by atoms with E-state index in [9.17, 15) is 4.79 Å². The molecule has 2 rings (SSSR count). The molecule has 0 saturated heterocycles. The molecule has 16 heavy (non-hydrogen) atoms. The number of aromatic nitrogens is 2. The van der Waals surface area contributed by atoms with Crippen molar-refractivity contribution in [2.45, 2.75) is 10.1 Å². The Morgan fingerprint density at radius 2 is 1.81 bits per heavy atom. The van der Waals surface area contributed by atoms with Gasteiger partial charge in [-0.05, 0) is 36.0 Å². The van der Waals surface area contributed by atoms with Crippen LogP contribution in [0.2, 0.25) is 5.02 Å². The third-order valence-corrected chi connectivity index (χ3v) is 3.32. The van der Waals surface area contributed by atoms with Gasteiger partial charge >= 0.3 is 0 Å². The Kier molecular flexibility index (Phi) is 3.54. The smallest absolute Gasteiger partial charge is 0.152 e. The number of aldehydes is 1. The summed E-state index contributed by atoms with van der Waals surface area (Å²) in [7, 11) is 0. The molecule has 0 radical (unpaired) electrons. The van der Waals surface area contributed by atoms with Crippen LogP contribution in [0.4, 0.5) is 0 Å². The maximum absolute atomic E-state index is 10.8. The molecule has 80 valence electrons. The molecule has 0 fully saturated rings. The van der Waals surface area contributed by atoms with E-state index in [4.69, 9.17) is 11.6 Å². The third-order valence-electron chi connectivity index (χ3n) is 1.85. The minimum atomic E-state index is 0.536. The highest BCUT2D eigenvalue weighted by atomic mass is 35.5. The van der Waals surface area contributed by atoms with E-state index >= 15 is 0 Å². The van der Waals surface area contributed by atoms with Crippen molar-refractivity contribution < 1.29 is 4.79 Å². The number of pyridine rings is 2. The maximum Gasteiger partial charge on any atom is 0.152 e. The highest BCUT2D eigenvalue weighted by Crippen LogP contribution is 2.31. The number of hydrogen-bond acceptors (Lipinski definition) is 4. The minimum absolute atomic E-state index is 0.536. The van der Waals surface area contributed by atoms with Crippen LogP contribution in [0.3, 0.4) is 0 Å². The molecule has 5 heteroatoms. The van der Waals surface area contributed by atoms with Crippen LogP contribution in [0.25, 0.3) is 0 Å². The molecule has 0 amide bonds. The van der Waals surface area contributed by atoms with Crippen molar-refractivity contribution in [3.05, 3.63) is 47.2 Å². The number of hydrogen-bond donors (Lipinski definition) is 0. The summed E-state index contributed by atoms with van der Waals surface area (Å²) in [5, 5.41) is 1.80. The van der Waals surface area contributed by atoms with Crippen molar-refractivity contribution >= 4 is 29.6 Å². The second kappa shape index (κ2) is 5.09. The van der Waals surface area contributed by atoms with Gasteiger partial charge < -0.3 is 0 Å². The lowest BCUT2D eigenvalue weighted by Crippen LogP contribution is -1.89. The van der Waals surface area contributed by atoms with Crippen molar-refractivity contribution in [1.29, 1.82) is 0 Å². The van der Waals surface area contributed by atoms with Crippen molar-refractivity contribution in [1.82, 2.24) is 9.97 Å². The number of carbonyl (C=O) groups is 1. The standard InChI is InChI=1S/C11H7ClN2OS/c12-9-4-2-6-14-11(9)16-10-8(7-15)3-1-5-13-10/h1-7H. The van der Waals surface area contributed by atoms with Gasteiger partial charge in [0.25, 0.3) is 0 Å². The second-order valence-corrected chi connectivity index (χ2v) is 4.29. The van der Waals surface area contributed by atoms with Crippen LogP contribution in [0.15, 0.2) is 46.7 Å². The molecule has 0 aliphatic rings. The summed E-state index contributed by atoms with van der Waals surface area (Å²) in [6, 6.07) is 6.93. The second-order valence-electron chi connectivity index (χ2n) is 2.91. The number of carbonyl (C=O) groups excluding carboxylic acids is 1. The van der Waals surface area contributed by atoms with Crippen LogP contribution >= 0.6 is 23.4 Å². The van der Waals surface area contributed by atoms with E-state index in [0.717, 1.165) is 6.29 Å². The lowest BCUT2D eigenvalue weighted by Gasteiger charge is -2.03. The SMILES string of the molecule is O=Cc1cccnc1Sc1ncccc1Cl. The average molecular weight is 251 g/mol. The molecule has 0 N–H and O–H groups in total. The monoisotopic (exact) mass is 250 g/mol. The van der Waals surface area contributed by atoms with Crippen LogP contribution in [0, 0.1) is 0 Å². The molecule has 0 saturated carbocycles. The Labute approximate surface area is 102 Å². The molecule has 2 aromatic rings. The van der Waals surface area contributed by atoms with Gasteiger partial charge in [0.15, 0.2) is 6.29 Å². The summed E-state index contributed by atoms with van der Waals surface area (Å²) in [6.07, 6.45) is 4.05. The van der Waals surface area contributed by atoms with Crippen LogP contribution in [0.5, 0.6) is 0 Å². The molecule has 0 aromatic carbocycles. The van der Waals surface area contributed by atoms with Gasteiger partial charge in [0, 0.05) is 18.0 Å². The van der Waals surface area contributed by atoms with E-state index < -0.39 is 0 Å². The summed E-state index contributed by atoms with van der Waals surface area (Å²) in [6.45, 7) is 0. The Hall–Kier alpha value is -1.39. The zero-order valence-corrected chi connectivity index (χ0v) is 9.70. The first-order valence-electron chi connectivity index (χ1n) is 4.50. The fraction of sp³-hybridized carbons (Fsp3) is 0. The fourth-order valence-corrected chi connectivity index (χ4v) is 2.16. The zero-order chi connectivity index (χ0) is 11.4. The maximum atomic E-state index is 10.8. The van der Waals surface area contributed by atoms with Gasteiger partial charge in [-0.15, -0.1) is 0 Å². The topological polar surface area (TPSA) is 42.9 Å². The predicted molar refractivity (Wildman–Crippen MR) is 63.0 cm³/mol. The molecule has 0 aliphatic carbocycles. The Morgan fingerprint density at radius 3 is 2.50 bits per heavy atom. The highest BCUT2D eigenvalue weighted by Gasteiger charge is 2.08. The molecule has 0 bridgehead atoms. The summed E-state index contributed by atoms with van der Waals surface area (Å²) in [5.41, 5.74) is 0.536. The van der Waals surface area contributed by atoms with Crippen molar-refractivity contribution in [3.63, 3.8) is 0 Å². The molecular weight excluding hydrogens is 244 g/mol. The average Bonchev–Trinajstić information content (AvgIpc) is 2.33. The van der Waals surface area contributed by atoms with E-state index in [1.165, 1.54) is 11.8 Å². The first-order chi connectivity index (χ1) is 7.81. The normalized spacial score (nSPS) is 10.1. The Bertz CT molecular complexity index is 519. The van der Waals surface area contributed by atoms with Crippen molar-refractivity contribution in [3.8, 4) is 0 Å². The number of halogens is 1. The van der Waals surface area contributed by atoms with Gasteiger partial charge in [0.1, 0.15) is 10.1 Å². The quantitative estimate of drug-likeness (QED) is 0.785. The first kappa shape index (κ1) is 11.1. The summed E-state index contributed by atoms with van der Waals surface area (Å²) in [4.78, 5) is 19.0. The minimum Gasteiger partial charge on any atom is -0.298 e. The molecule has 3 nitrogen and oxygen atoms in total. The van der Waals surface area contributed by atoms with Gasteiger partial charge in [-0.1, -0.05) is 11.6 Å². The van der Waals surface area contributed by atoms with Crippen LogP contribution in [-0.2, 0) is 0 Å². The Morgan fingerprint density at radius 1 is 1.12 bits per heavy atom. The number of nitrogens with zero attached hydrogens (tertiary/aromatic N) is 2. The van der Waals surface area contributed by atoms with Crippen molar-refractivity contribution in [2.24, 2.45) is 0 Å². The van der Waals surface area contributed by atoms with Crippen LogP contribution in [0.1, 0.15) is 10.4 Å². The van der Waals surface area contributed by atoms with E-state index in [0.29, 0.717) is 20.6 Å². The molecule has 0 atom stereocenters. The van der Waals surface area contributed by atoms with E-state index in [2.05, 4.69) is 9.97 Å². The van der Waals surface area contributed by atoms with Gasteiger partial charge in [-0.3, -0.25) is 4.79 Å². The summed E-state index contributed by atoms with van der Waals surface area (Å²) in [5.74, 6) is 0. The summed E-state index contributed by atoms with van der Waals surface area (Å²) >= 11 is 7.25. The fourth-order valence-electron chi connectivity index (χ4n) is 1.12. The van der Waals surface area contributed by atoms with E-state index in [1.807, 2.05) is 0 Å². The van der Waals surface area contributed by atoms with Crippen molar-refractivity contribution in [2.75, 3.05) is 0 Å². The number of rotatable bonds is 3. The molecule has 0 spiro atoms. The molecule has 2 heterocycles. The molecule has 2 aromatic heterocycles.